The number of halogens is 3. The van der Waals surface area contributed by atoms with Crippen molar-refractivity contribution in [3.05, 3.63) is 53.7 Å². The molecule has 1 N–H and O–H groups in total. The summed E-state index contributed by atoms with van der Waals surface area (Å²) >= 11 is 0. The first-order valence-corrected chi connectivity index (χ1v) is 10.2. The molecule has 0 saturated carbocycles. The minimum atomic E-state index is -4.58. The Bertz CT molecular complexity index is 1140. The number of hydrogen-bond donors (Lipinski definition) is 1. The van der Waals surface area contributed by atoms with Crippen LogP contribution in [0.4, 0.5) is 13.2 Å². The van der Waals surface area contributed by atoms with Crippen molar-refractivity contribution < 1.29 is 27.2 Å². The molecule has 5 heterocycles. The van der Waals surface area contributed by atoms with E-state index >= 15 is 0 Å². The standard InChI is InChI=1S/C21H20F3N5O3/c22-21(23,24)17-4-3-13-10-16(32-18(13)26-17)20(31)29-11-14(12-29)27-6-8-28(9-7-27)19(30)15-2-1-5-25-15/h1-5,10,14,25H,6-9,11-12H2. The van der Waals surface area contributed by atoms with Crippen molar-refractivity contribution in [3.63, 3.8) is 0 Å². The van der Waals surface area contributed by atoms with Crippen LogP contribution in [-0.2, 0) is 6.18 Å². The Morgan fingerprint density at radius 2 is 1.78 bits per heavy atom. The van der Waals surface area contributed by atoms with Gasteiger partial charge in [0.05, 0.1) is 0 Å². The molecule has 3 aromatic rings. The lowest BCUT2D eigenvalue weighted by atomic mass is 10.1. The van der Waals surface area contributed by atoms with Crippen molar-refractivity contribution in [1.29, 1.82) is 0 Å². The lowest BCUT2D eigenvalue weighted by molar-refractivity contribution is -0.141. The highest BCUT2D eigenvalue weighted by molar-refractivity contribution is 5.96. The SMILES string of the molecule is O=C(c1ccc[nH]1)N1CCN(C2CN(C(=O)c3cc4ccc(C(F)(F)F)nc4o3)C2)CC1. The molecule has 2 aliphatic heterocycles. The zero-order chi connectivity index (χ0) is 22.5. The van der Waals surface area contributed by atoms with Crippen molar-refractivity contribution in [3.8, 4) is 0 Å². The number of fused-ring (bicyclic) bond motifs is 1. The summed E-state index contributed by atoms with van der Waals surface area (Å²) in [4.78, 5) is 37.2. The molecule has 2 amide bonds. The van der Waals surface area contributed by atoms with Crippen LogP contribution in [-0.4, -0.2) is 81.8 Å². The molecule has 0 spiro atoms. The second-order valence-corrected chi connectivity index (χ2v) is 7.98. The minimum absolute atomic E-state index is 0.0211. The number of aromatic nitrogens is 2. The molecule has 0 bridgehead atoms. The molecule has 0 radical (unpaired) electrons. The molecule has 0 aromatic carbocycles. The van der Waals surface area contributed by atoms with Crippen molar-refractivity contribution in [2.75, 3.05) is 39.3 Å². The summed E-state index contributed by atoms with van der Waals surface area (Å²) in [6, 6.07) is 7.26. The maximum absolute atomic E-state index is 12.8. The van der Waals surface area contributed by atoms with Crippen LogP contribution in [0.1, 0.15) is 26.7 Å². The Morgan fingerprint density at radius 1 is 1.03 bits per heavy atom. The molecular formula is C21H20F3N5O3. The fourth-order valence-corrected chi connectivity index (χ4v) is 4.11. The van der Waals surface area contributed by atoms with E-state index in [1.807, 2.05) is 0 Å². The van der Waals surface area contributed by atoms with Crippen LogP contribution in [0.15, 0.2) is 40.9 Å². The van der Waals surface area contributed by atoms with Crippen LogP contribution < -0.4 is 0 Å². The number of H-pyrrole nitrogens is 1. The average Bonchev–Trinajstić information content (AvgIpc) is 3.41. The molecule has 5 rings (SSSR count). The first-order chi connectivity index (χ1) is 15.3. The summed E-state index contributed by atoms with van der Waals surface area (Å²) in [6.07, 6.45) is -2.86. The van der Waals surface area contributed by atoms with Gasteiger partial charge in [-0.1, -0.05) is 0 Å². The molecule has 3 aromatic heterocycles. The van der Waals surface area contributed by atoms with Crippen molar-refractivity contribution >= 4 is 22.9 Å². The molecule has 0 aliphatic carbocycles. The van der Waals surface area contributed by atoms with E-state index in [4.69, 9.17) is 4.42 Å². The van der Waals surface area contributed by atoms with Crippen LogP contribution in [0.25, 0.3) is 11.1 Å². The molecule has 0 atom stereocenters. The second-order valence-electron chi connectivity index (χ2n) is 7.98. The largest absolute Gasteiger partial charge is 0.433 e. The molecular weight excluding hydrogens is 427 g/mol. The predicted octanol–water partition coefficient (Wildman–Crippen LogP) is 2.46. The number of alkyl halides is 3. The van der Waals surface area contributed by atoms with Gasteiger partial charge in [-0.2, -0.15) is 13.2 Å². The Hall–Kier alpha value is -3.34. The Kier molecular flexibility index (Phi) is 4.92. The van der Waals surface area contributed by atoms with E-state index in [-0.39, 0.29) is 29.3 Å². The van der Waals surface area contributed by atoms with Crippen LogP contribution in [0.2, 0.25) is 0 Å². The smallest absolute Gasteiger partial charge is 0.433 e. The molecule has 11 heteroatoms. The second kappa shape index (κ2) is 7.66. The van der Waals surface area contributed by atoms with Crippen LogP contribution >= 0.6 is 0 Å². The van der Waals surface area contributed by atoms with Crippen molar-refractivity contribution in [1.82, 2.24) is 24.7 Å². The highest BCUT2D eigenvalue weighted by atomic mass is 19.4. The predicted molar refractivity (Wildman–Crippen MR) is 107 cm³/mol. The topological polar surface area (TPSA) is 85.7 Å². The van der Waals surface area contributed by atoms with Gasteiger partial charge in [-0.05, 0) is 30.3 Å². The highest BCUT2D eigenvalue weighted by Crippen LogP contribution is 2.30. The number of nitrogens with one attached hydrogen (secondary N) is 1. The molecule has 32 heavy (non-hydrogen) atoms. The summed E-state index contributed by atoms with van der Waals surface area (Å²) in [5.74, 6) is -0.410. The maximum atomic E-state index is 12.8. The number of nitrogens with zero attached hydrogens (tertiary/aromatic N) is 4. The summed E-state index contributed by atoms with van der Waals surface area (Å²) in [5.41, 5.74) is -0.694. The summed E-state index contributed by atoms with van der Waals surface area (Å²) in [6.45, 7) is 3.66. The van der Waals surface area contributed by atoms with E-state index in [1.165, 1.54) is 12.1 Å². The van der Waals surface area contributed by atoms with Gasteiger partial charge in [0.2, 0.25) is 5.71 Å². The molecule has 2 saturated heterocycles. The van der Waals surface area contributed by atoms with E-state index in [2.05, 4.69) is 14.9 Å². The third-order valence-electron chi connectivity index (χ3n) is 5.98. The lowest BCUT2D eigenvalue weighted by Gasteiger charge is -2.47. The lowest BCUT2D eigenvalue weighted by Crippen LogP contribution is -2.64. The van der Waals surface area contributed by atoms with Crippen LogP contribution in [0.5, 0.6) is 0 Å². The van der Waals surface area contributed by atoms with Crippen LogP contribution in [0, 0.1) is 0 Å². The van der Waals surface area contributed by atoms with Crippen molar-refractivity contribution in [2.24, 2.45) is 0 Å². The van der Waals surface area contributed by atoms with Gasteiger partial charge in [0.25, 0.3) is 11.8 Å². The van der Waals surface area contributed by atoms with E-state index < -0.39 is 11.9 Å². The maximum Gasteiger partial charge on any atom is 0.433 e. The number of piperazine rings is 1. The Morgan fingerprint density at radius 3 is 2.44 bits per heavy atom. The van der Waals surface area contributed by atoms with E-state index in [0.29, 0.717) is 50.3 Å². The first-order valence-electron chi connectivity index (χ1n) is 10.2. The number of aromatic amines is 1. The van der Waals surface area contributed by atoms with E-state index in [0.717, 1.165) is 6.07 Å². The third-order valence-corrected chi connectivity index (χ3v) is 5.98. The van der Waals surface area contributed by atoms with Crippen molar-refractivity contribution in [2.45, 2.75) is 12.2 Å². The molecule has 0 unspecified atom stereocenters. The fourth-order valence-electron chi connectivity index (χ4n) is 4.11. The van der Waals surface area contributed by atoms with E-state index in [1.54, 1.807) is 28.1 Å². The molecule has 8 nitrogen and oxygen atoms in total. The third kappa shape index (κ3) is 3.72. The number of likely N-dealkylation sites (tertiary alicyclic amines) is 1. The number of hydrogen-bond acceptors (Lipinski definition) is 5. The van der Waals surface area contributed by atoms with Gasteiger partial charge in [0.1, 0.15) is 11.4 Å². The molecule has 168 valence electrons. The quantitative estimate of drug-likeness (QED) is 0.667. The molecule has 2 aliphatic rings. The summed E-state index contributed by atoms with van der Waals surface area (Å²) in [7, 11) is 0. The van der Waals surface area contributed by atoms with Gasteiger partial charge in [-0.3, -0.25) is 14.5 Å². The number of amides is 2. The van der Waals surface area contributed by atoms with Gasteiger partial charge < -0.3 is 19.2 Å². The zero-order valence-corrected chi connectivity index (χ0v) is 16.9. The summed E-state index contributed by atoms with van der Waals surface area (Å²) < 4.78 is 43.8. The number of rotatable bonds is 3. The fraction of sp³-hybridized carbons (Fsp3) is 0.381. The number of furan rings is 1. The molecule has 2 fully saturated rings. The normalized spacial score (nSPS) is 18.2. The Balaban J connectivity index is 1.16. The number of carbonyl (C=O) groups excluding carboxylic acids is 2. The number of pyridine rings is 1. The van der Waals surface area contributed by atoms with Gasteiger partial charge in [-0.15, -0.1) is 0 Å². The van der Waals surface area contributed by atoms with Crippen LogP contribution in [0.3, 0.4) is 0 Å². The zero-order valence-electron chi connectivity index (χ0n) is 16.9. The average molecular weight is 447 g/mol. The van der Waals surface area contributed by atoms with Gasteiger partial charge in [0, 0.05) is 56.9 Å². The monoisotopic (exact) mass is 447 g/mol. The summed E-state index contributed by atoms with van der Waals surface area (Å²) in [5, 5.41) is 0.348. The Labute approximate surface area is 180 Å². The first kappa shape index (κ1) is 20.6. The highest BCUT2D eigenvalue weighted by Gasteiger charge is 2.38. The van der Waals surface area contributed by atoms with E-state index in [9.17, 15) is 22.8 Å². The number of carbonyl (C=O) groups is 2. The van der Waals surface area contributed by atoms with Gasteiger partial charge >= 0.3 is 6.18 Å². The minimum Gasteiger partial charge on any atom is -0.433 e. The van der Waals surface area contributed by atoms with Gasteiger partial charge in [0.15, 0.2) is 5.76 Å². The van der Waals surface area contributed by atoms with Gasteiger partial charge in [-0.25, -0.2) is 4.98 Å².